The van der Waals surface area contributed by atoms with E-state index in [1.165, 1.54) is 0 Å². The standard InChI is InChI=1S/C26H25N5O2/c1-4-22-24(33-3)9-8-20(31-22)16-30-26(32)21-12-19(18-11-17(2)13-27-14-18)15-29-25(21)23-7-5-6-10-28-23/h5-15H,4,16H2,1-3H3,(H,30,32). The van der Waals surface area contributed by atoms with Crippen LogP contribution in [0.2, 0.25) is 0 Å². The molecule has 4 aromatic rings. The second-order valence-corrected chi connectivity index (χ2v) is 7.57. The summed E-state index contributed by atoms with van der Waals surface area (Å²) in [6.45, 7) is 4.28. The summed E-state index contributed by atoms with van der Waals surface area (Å²) < 4.78 is 5.34. The molecule has 0 aromatic carbocycles. The SMILES string of the molecule is CCc1nc(CNC(=O)c2cc(-c3cncc(C)c3)cnc2-c2ccccn2)ccc1OC. The van der Waals surface area contributed by atoms with Gasteiger partial charge in [0.1, 0.15) is 11.4 Å². The highest BCUT2D eigenvalue weighted by Gasteiger charge is 2.17. The monoisotopic (exact) mass is 439 g/mol. The molecule has 33 heavy (non-hydrogen) atoms. The van der Waals surface area contributed by atoms with Crippen molar-refractivity contribution in [3.8, 4) is 28.3 Å². The van der Waals surface area contributed by atoms with Gasteiger partial charge in [-0.05, 0) is 55.3 Å². The maximum Gasteiger partial charge on any atom is 0.253 e. The molecule has 0 unspecified atom stereocenters. The molecule has 0 radical (unpaired) electrons. The molecule has 0 bridgehead atoms. The Morgan fingerprint density at radius 3 is 2.61 bits per heavy atom. The average molecular weight is 440 g/mol. The molecule has 7 heteroatoms. The van der Waals surface area contributed by atoms with E-state index in [2.05, 4.69) is 25.3 Å². The molecule has 0 aliphatic carbocycles. The summed E-state index contributed by atoms with van der Waals surface area (Å²) in [7, 11) is 1.63. The predicted octanol–water partition coefficient (Wildman–Crippen LogP) is 4.41. The van der Waals surface area contributed by atoms with Gasteiger partial charge in [0.05, 0.1) is 36.3 Å². The van der Waals surface area contributed by atoms with Crippen LogP contribution in [0, 0.1) is 6.92 Å². The summed E-state index contributed by atoms with van der Waals surface area (Å²) in [5.74, 6) is 0.495. The quantitative estimate of drug-likeness (QED) is 0.459. The number of carbonyl (C=O) groups is 1. The number of nitrogens with zero attached hydrogens (tertiary/aromatic N) is 4. The predicted molar refractivity (Wildman–Crippen MR) is 127 cm³/mol. The Labute approximate surface area is 192 Å². The number of carbonyl (C=O) groups excluding carboxylic acids is 1. The van der Waals surface area contributed by atoms with Crippen LogP contribution in [0.4, 0.5) is 0 Å². The highest BCUT2D eigenvalue weighted by atomic mass is 16.5. The van der Waals surface area contributed by atoms with E-state index >= 15 is 0 Å². The Morgan fingerprint density at radius 2 is 1.88 bits per heavy atom. The lowest BCUT2D eigenvalue weighted by molar-refractivity contribution is 0.0950. The third-order valence-corrected chi connectivity index (χ3v) is 5.22. The molecule has 0 spiro atoms. The highest BCUT2D eigenvalue weighted by Crippen LogP contribution is 2.26. The highest BCUT2D eigenvalue weighted by molar-refractivity contribution is 6.00. The largest absolute Gasteiger partial charge is 0.495 e. The molecular weight excluding hydrogens is 414 g/mol. The van der Waals surface area contributed by atoms with E-state index < -0.39 is 0 Å². The maximum absolute atomic E-state index is 13.3. The molecule has 7 nitrogen and oxygen atoms in total. The smallest absolute Gasteiger partial charge is 0.253 e. The first-order valence-corrected chi connectivity index (χ1v) is 10.7. The number of rotatable bonds is 7. The summed E-state index contributed by atoms with van der Waals surface area (Å²) in [6.07, 6.45) is 7.73. The Kier molecular flexibility index (Phi) is 6.69. The fourth-order valence-electron chi connectivity index (χ4n) is 3.55. The molecule has 0 fully saturated rings. The molecule has 0 aliphatic heterocycles. The summed E-state index contributed by atoms with van der Waals surface area (Å²) in [6, 6.07) is 13.1. The summed E-state index contributed by atoms with van der Waals surface area (Å²) >= 11 is 0. The molecular formula is C26H25N5O2. The molecule has 4 aromatic heterocycles. The Balaban J connectivity index is 1.66. The molecule has 0 saturated carbocycles. The Hall–Kier alpha value is -4.13. The number of pyridine rings is 4. The van der Waals surface area contributed by atoms with E-state index in [-0.39, 0.29) is 12.5 Å². The first kappa shape index (κ1) is 22.1. The number of amides is 1. The minimum absolute atomic E-state index is 0.249. The van der Waals surface area contributed by atoms with Crippen LogP contribution in [0.15, 0.2) is 67.3 Å². The number of hydrogen-bond donors (Lipinski definition) is 1. The van der Waals surface area contributed by atoms with Crippen molar-refractivity contribution in [2.75, 3.05) is 7.11 Å². The number of methoxy groups -OCH3 is 1. The van der Waals surface area contributed by atoms with Crippen molar-refractivity contribution < 1.29 is 9.53 Å². The molecule has 0 saturated heterocycles. The van der Waals surface area contributed by atoms with Crippen LogP contribution in [0.25, 0.3) is 22.5 Å². The lowest BCUT2D eigenvalue weighted by Gasteiger charge is -2.12. The second-order valence-electron chi connectivity index (χ2n) is 7.57. The van der Waals surface area contributed by atoms with E-state index in [1.54, 1.807) is 31.9 Å². The van der Waals surface area contributed by atoms with Crippen molar-refractivity contribution >= 4 is 5.91 Å². The van der Waals surface area contributed by atoms with Crippen molar-refractivity contribution in [1.82, 2.24) is 25.3 Å². The van der Waals surface area contributed by atoms with E-state index in [0.717, 1.165) is 40.2 Å². The molecule has 166 valence electrons. The molecule has 0 aliphatic rings. The van der Waals surface area contributed by atoms with Crippen LogP contribution in [-0.2, 0) is 13.0 Å². The molecule has 4 heterocycles. The fourth-order valence-corrected chi connectivity index (χ4v) is 3.55. The molecule has 0 atom stereocenters. The van der Waals surface area contributed by atoms with Crippen molar-refractivity contribution in [2.45, 2.75) is 26.8 Å². The Morgan fingerprint density at radius 1 is 1.03 bits per heavy atom. The van der Waals surface area contributed by atoms with Crippen LogP contribution in [0.5, 0.6) is 5.75 Å². The van der Waals surface area contributed by atoms with Crippen molar-refractivity contribution in [3.05, 3.63) is 89.8 Å². The van der Waals surface area contributed by atoms with Gasteiger partial charge >= 0.3 is 0 Å². The molecule has 4 rings (SSSR count). The minimum atomic E-state index is -0.249. The van der Waals surface area contributed by atoms with Gasteiger partial charge in [-0.2, -0.15) is 0 Å². The maximum atomic E-state index is 13.3. The van der Waals surface area contributed by atoms with Crippen molar-refractivity contribution in [2.24, 2.45) is 0 Å². The second kappa shape index (κ2) is 9.99. The van der Waals surface area contributed by atoms with Gasteiger partial charge in [-0.3, -0.25) is 24.7 Å². The summed E-state index contributed by atoms with van der Waals surface area (Å²) in [4.78, 5) is 31.1. The average Bonchev–Trinajstić information content (AvgIpc) is 2.87. The summed E-state index contributed by atoms with van der Waals surface area (Å²) in [5.41, 5.74) is 5.95. The van der Waals surface area contributed by atoms with Crippen molar-refractivity contribution in [1.29, 1.82) is 0 Å². The number of ether oxygens (including phenoxy) is 1. The van der Waals surface area contributed by atoms with Gasteiger partial charge in [-0.25, -0.2) is 0 Å². The van der Waals surface area contributed by atoms with Crippen LogP contribution >= 0.6 is 0 Å². The van der Waals surface area contributed by atoms with Crippen molar-refractivity contribution in [3.63, 3.8) is 0 Å². The van der Waals surface area contributed by atoms with Gasteiger partial charge in [0.2, 0.25) is 0 Å². The van der Waals surface area contributed by atoms with E-state index in [1.807, 2.05) is 56.3 Å². The van der Waals surface area contributed by atoms with Gasteiger partial charge in [0.25, 0.3) is 5.91 Å². The van der Waals surface area contributed by atoms with Crippen LogP contribution < -0.4 is 10.1 Å². The Bertz CT molecular complexity index is 1270. The zero-order valence-electron chi connectivity index (χ0n) is 18.9. The van der Waals surface area contributed by atoms with Crippen LogP contribution in [0.3, 0.4) is 0 Å². The minimum Gasteiger partial charge on any atom is -0.495 e. The zero-order chi connectivity index (χ0) is 23.2. The first-order valence-electron chi connectivity index (χ1n) is 10.7. The molecule has 1 amide bonds. The van der Waals surface area contributed by atoms with E-state index in [4.69, 9.17) is 4.74 Å². The topological polar surface area (TPSA) is 89.9 Å². The van der Waals surface area contributed by atoms with E-state index in [0.29, 0.717) is 17.0 Å². The van der Waals surface area contributed by atoms with Gasteiger partial charge in [0.15, 0.2) is 0 Å². The molecule has 1 N–H and O–H groups in total. The number of aryl methyl sites for hydroxylation is 2. The van der Waals surface area contributed by atoms with Crippen LogP contribution in [-0.4, -0.2) is 33.0 Å². The van der Waals surface area contributed by atoms with Gasteiger partial charge in [0, 0.05) is 35.9 Å². The lowest BCUT2D eigenvalue weighted by Crippen LogP contribution is -2.24. The first-order chi connectivity index (χ1) is 16.1. The van der Waals surface area contributed by atoms with Gasteiger partial charge < -0.3 is 10.1 Å². The van der Waals surface area contributed by atoms with Gasteiger partial charge in [-0.1, -0.05) is 13.0 Å². The third kappa shape index (κ3) is 5.03. The van der Waals surface area contributed by atoms with Crippen LogP contribution in [0.1, 0.15) is 34.2 Å². The van der Waals surface area contributed by atoms with E-state index in [9.17, 15) is 4.79 Å². The lowest BCUT2D eigenvalue weighted by atomic mass is 10.0. The number of nitrogens with one attached hydrogen (secondary N) is 1. The third-order valence-electron chi connectivity index (χ3n) is 5.22. The zero-order valence-corrected chi connectivity index (χ0v) is 18.9. The number of aromatic nitrogens is 4. The van der Waals surface area contributed by atoms with Gasteiger partial charge in [-0.15, -0.1) is 0 Å². The fraction of sp³-hybridized carbons (Fsp3) is 0.192. The summed E-state index contributed by atoms with van der Waals surface area (Å²) in [5, 5.41) is 2.98. The normalized spacial score (nSPS) is 10.6. The number of hydrogen-bond acceptors (Lipinski definition) is 6.